The van der Waals surface area contributed by atoms with Crippen LogP contribution in [-0.2, 0) is 0 Å². The van der Waals surface area contributed by atoms with Crippen LogP contribution in [0, 0.1) is 6.67 Å². The monoisotopic (exact) mass is 98.1 g/mol. The Morgan fingerprint density at radius 3 is 2.29 bits per heavy atom. The Kier molecular flexibility index (Phi) is 0.889. The molecule has 1 radical (unpaired) electrons. The summed E-state index contributed by atoms with van der Waals surface area (Å²) < 4.78 is 0. The lowest BCUT2D eigenvalue weighted by atomic mass is 10.9. The summed E-state index contributed by atoms with van der Waals surface area (Å²) in [5.41, 5.74) is 0. The maximum atomic E-state index is 3.90. The van der Waals surface area contributed by atoms with Crippen molar-refractivity contribution in [2.24, 2.45) is 5.10 Å². The van der Waals surface area contributed by atoms with Crippen LogP contribution in [0.1, 0.15) is 0 Å². The van der Waals surface area contributed by atoms with Gasteiger partial charge in [-0.25, -0.2) is 0 Å². The predicted molar refractivity (Wildman–Crippen MR) is 28.3 cm³/mol. The van der Waals surface area contributed by atoms with Crippen LogP contribution >= 0.6 is 0 Å². The van der Waals surface area contributed by atoms with E-state index in [2.05, 4.69) is 5.10 Å². The van der Waals surface area contributed by atoms with Gasteiger partial charge in [-0.1, -0.05) is 0 Å². The van der Waals surface area contributed by atoms with E-state index in [1.54, 1.807) is 11.3 Å². The molecule has 1 rings (SSSR count). The summed E-state index contributed by atoms with van der Waals surface area (Å²) in [6, 6.07) is 0. The van der Waals surface area contributed by atoms with Gasteiger partial charge in [0.25, 0.3) is 0 Å². The molecule has 0 atom stereocenters. The highest BCUT2D eigenvalue weighted by Gasteiger charge is 2.02. The highest BCUT2D eigenvalue weighted by atomic mass is 15.6. The van der Waals surface area contributed by atoms with Crippen molar-refractivity contribution in [1.82, 2.24) is 9.91 Å². The van der Waals surface area contributed by atoms with Crippen LogP contribution in [-0.4, -0.2) is 30.3 Å². The van der Waals surface area contributed by atoms with Crippen LogP contribution in [0.15, 0.2) is 5.10 Å². The zero-order valence-corrected chi connectivity index (χ0v) is 4.50. The van der Waals surface area contributed by atoms with Gasteiger partial charge in [-0.3, -0.25) is 5.01 Å². The van der Waals surface area contributed by atoms with E-state index >= 15 is 0 Å². The summed E-state index contributed by atoms with van der Waals surface area (Å²) in [6.45, 7) is 1.89. The Bertz CT molecular complexity index is 78.9. The first-order valence-electron chi connectivity index (χ1n) is 2.13. The molecule has 0 bridgehead atoms. The van der Waals surface area contributed by atoms with E-state index in [1.165, 1.54) is 0 Å². The third-order valence-corrected chi connectivity index (χ3v) is 0.765. The average molecular weight is 98.1 g/mol. The molecule has 1 aliphatic heterocycles. The molecular weight excluding hydrogens is 90.1 g/mol. The van der Waals surface area contributed by atoms with Gasteiger partial charge >= 0.3 is 0 Å². The van der Waals surface area contributed by atoms with Gasteiger partial charge in [0.05, 0.1) is 0 Å². The third kappa shape index (κ3) is 0.824. The molecule has 3 nitrogen and oxygen atoms in total. The minimum Gasteiger partial charge on any atom is -0.339 e. The lowest BCUT2D eigenvalue weighted by molar-refractivity contribution is 0.387. The summed E-state index contributed by atoms with van der Waals surface area (Å²) in [5, 5.41) is 5.65. The molecule has 0 aromatic rings. The lowest BCUT2D eigenvalue weighted by Gasteiger charge is -2.06. The van der Waals surface area contributed by atoms with E-state index in [9.17, 15) is 0 Å². The maximum Gasteiger partial charge on any atom is 0.159 e. The quantitative estimate of drug-likeness (QED) is 0.422. The molecule has 3 heteroatoms. The Morgan fingerprint density at radius 2 is 2.14 bits per heavy atom. The van der Waals surface area contributed by atoms with Crippen molar-refractivity contribution in [2.75, 3.05) is 14.1 Å². The Balaban J connectivity index is 2.42. The molecule has 7 heavy (non-hydrogen) atoms. The first kappa shape index (κ1) is 4.43. The molecule has 1 heterocycles. The van der Waals surface area contributed by atoms with Gasteiger partial charge in [0.15, 0.2) is 6.67 Å². The molecular formula is C4H8N3. The second-order valence-electron chi connectivity index (χ2n) is 1.59. The van der Waals surface area contributed by atoms with Gasteiger partial charge in [0.1, 0.15) is 6.34 Å². The van der Waals surface area contributed by atoms with E-state index in [0.29, 0.717) is 0 Å². The van der Waals surface area contributed by atoms with Crippen molar-refractivity contribution < 1.29 is 0 Å². The maximum absolute atomic E-state index is 3.90. The van der Waals surface area contributed by atoms with Crippen LogP contribution in [0.4, 0.5) is 0 Å². The minimum absolute atomic E-state index is 1.75. The van der Waals surface area contributed by atoms with Gasteiger partial charge in [0.2, 0.25) is 0 Å². The molecule has 0 spiro atoms. The molecule has 0 amide bonds. The molecule has 0 aliphatic carbocycles. The lowest BCUT2D eigenvalue weighted by Crippen LogP contribution is -2.12. The topological polar surface area (TPSA) is 18.8 Å². The van der Waals surface area contributed by atoms with Crippen molar-refractivity contribution in [1.29, 1.82) is 0 Å². The first-order chi connectivity index (χ1) is 3.29. The summed E-state index contributed by atoms with van der Waals surface area (Å²) in [6.07, 6.45) is 1.75. The Labute approximate surface area is 43.2 Å². The van der Waals surface area contributed by atoms with Crippen molar-refractivity contribution in [3.63, 3.8) is 0 Å². The van der Waals surface area contributed by atoms with Crippen LogP contribution < -0.4 is 0 Å². The number of hydrogen-bond donors (Lipinski definition) is 0. The third-order valence-electron chi connectivity index (χ3n) is 0.765. The summed E-state index contributed by atoms with van der Waals surface area (Å²) in [5.74, 6) is 0. The molecule has 1 aliphatic rings. The number of nitrogens with zero attached hydrogens (tertiary/aromatic N) is 3. The van der Waals surface area contributed by atoms with Gasteiger partial charge in [-0.2, -0.15) is 5.10 Å². The van der Waals surface area contributed by atoms with E-state index in [4.69, 9.17) is 0 Å². The van der Waals surface area contributed by atoms with Crippen molar-refractivity contribution >= 4 is 6.34 Å². The van der Waals surface area contributed by atoms with Gasteiger partial charge in [-0.05, 0) is 0 Å². The molecule has 0 unspecified atom stereocenters. The van der Waals surface area contributed by atoms with Crippen molar-refractivity contribution in [2.45, 2.75) is 0 Å². The molecule has 0 saturated carbocycles. The highest BCUT2D eigenvalue weighted by Crippen LogP contribution is 1.98. The molecule has 0 saturated heterocycles. The SMILES string of the molecule is CN1[CH]N(C)N=C1. The number of hydrazone groups is 1. The molecule has 0 fully saturated rings. The van der Waals surface area contributed by atoms with Gasteiger partial charge in [0, 0.05) is 14.1 Å². The van der Waals surface area contributed by atoms with Gasteiger partial charge < -0.3 is 4.90 Å². The number of rotatable bonds is 0. The normalized spacial score (nSPS) is 19.1. The average Bonchev–Trinajstić information content (AvgIpc) is 1.87. The smallest absolute Gasteiger partial charge is 0.159 e. The minimum atomic E-state index is 1.75. The fourth-order valence-corrected chi connectivity index (χ4v) is 0.486. The van der Waals surface area contributed by atoms with Crippen LogP contribution in [0.2, 0.25) is 0 Å². The standard InChI is InChI=1S/C4H8N3/c1-6-3-5-7(2)4-6/h3-4H,1-2H3. The van der Waals surface area contributed by atoms with Gasteiger partial charge in [-0.15, -0.1) is 0 Å². The summed E-state index contributed by atoms with van der Waals surface area (Å²) in [7, 11) is 3.83. The van der Waals surface area contributed by atoms with E-state index in [0.717, 1.165) is 0 Å². The molecule has 0 aromatic heterocycles. The van der Waals surface area contributed by atoms with Crippen LogP contribution in [0.5, 0.6) is 0 Å². The highest BCUT2D eigenvalue weighted by molar-refractivity contribution is 5.56. The second kappa shape index (κ2) is 1.40. The predicted octanol–water partition coefficient (Wildman–Crippen LogP) is -0.0738. The fourth-order valence-electron chi connectivity index (χ4n) is 0.486. The van der Waals surface area contributed by atoms with E-state index in [1.807, 2.05) is 25.7 Å². The molecule has 0 N–H and O–H groups in total. The first-order valence-corrected chi connectivity index (χ1v) is 2.13. The zero-order chi connectivity index (χ0) is 5.28. The second-order valence-corrected chi connectivity index (χ2v) is 1.59. The summed E-state index contributed by atoms with van der Waals surface area (Å²) in [4.78, 5) is 1.89. The summed E-state index contributed by atoms with van der Waals surface area (Å²) >= 11 is 0. The fraction of sp³-hybridized carbons (Fsp3) is 0.500. The molecule has 39 valence electrons. The Hall–Kier alpha value is -0.730. The Morgan fingerprint density at radius 1 is 1.43 bits per heavy atom. The largest absolute Gasteiger partial charge is 0.339 e. The van der Waals surface area contributed by atoms with Crippen LogP contribution in [0.3, 0.4) is 0 Å². The van der Waals surface area contributed by atoms with Crippen molar-refractivity contribution in [3.8, 4) is 0 Å². The van der Waals surface area contributed by atoms with E-state index < -0.39 is 0 Å². The van der Waals surface area contributed by atoms with Crippen molar-refractivity contribution in [3.05, 3.63) is 6.67 Å². The zero-order valence-electron chi connectivity index (χ0n) is 4.50. The molecule has 0 aromatic carbocycles. The number of hydrogen-bond acceptors (Lipinski definition) is 3. The van der Waals surface area contributed by atoms with Crippen LogP contribution in [0.25, 0.3) is 0 Å². The van der Waals surface area contributed by atoms with E-state index in [-0.39, 0.29) is 0 Å².